The van der Waals surface area contributed by atoms with Crippen LogP contribution in [0.3, 0.4) is 0 Å². The van der Waals surface area contributed by atoms with E-state index in [1.54, 1.807) is 38.5 Å². The van der Waals surface area contributed by atoms with Crippen LogP contribution in [-0.4, -0.2) is 32.5 Å². The first kappa shape index (κ1) is 17.5. The van der Waals surface area contributed by atoms with Gasteiger partial charge in [-0.15, -0.1) is 0 Å². The van der Waals surface area contributed by atoms with E-state index in [4.69, 9.17) is 13.9 Å². The Morgan fingerprint density at radius 3 is 2.58 bits per heavy atom. The molecule has 6 heteroatoms. The molecule has 0 aliphatic heterocycles. The number of Topliss-reactive ketones (excluding diaryl/α,β-unsaturated/α-hetero) is 1. The number of hydrogen-bond donors (Lipinski definition) is 1. The molecule has 0 saturated heterocycles. The van der Waals surface area contributed by atoms with Gasteiger partial charge in [0.2, 0.25) is 0 Å². The topological polar surface area (TPSA) is 77.8 Å². The van der Waals surface area contributed by atoms with Gasteiger partial charge in [-0.05, 0) is 30.2 Å². The number of amides is 1. The van der Waals surface area contributed by atoms with Gasteiger partial charge in [-0.25, -0.2) is 0 Å². The predicted octanol–water partition coefficient (Wildman–Crippen LogP) is 2.99. The zero-order chi connectivity index (χ0) is 18.5. The van der Waals surface area contributed by atoms with Gasteiger partial charge in [0.05, 0.1) is 19.8 Å². The van der Waals surface area contributed by atoms with Crippen LogP contribution in [0.4, 0.5) is 0 Å². The predicted molar refractivity (Wildman–Crippen MR) is 96.8 cm³/mol. The van der Waals surface area contributed by atoms with Crippen LogP contribution in [0, 0.1) is 0 Å². The Kier molecular flexibility index (Phi) is 5.22. The van der Waals surface area contributed by atoms with E-state index in [-0.39, 0.29) is 5.56 Å². The minimum absolute atomic E-state index is 0.268. The van der Waals surface area contributed by atoms with E-state index in [1.165, 1.54) is 6.26 Å². The highest BCUT2D eigenvalue weighted by molar-refractivity contribution is 6.44. The molecule has 6 nitrogen and oxygen atoms in total. The molecule has 0 saturated carbocycles. The monoisotopic (exact) mass is 353 g/mol. The van der Waals surface area contributed by atoms with Crippen molar-refractivity contribution in [3.8, 4) is 11.5 Å². The van der Waals surface area contributed by atoms with Gasteiger partial charge in [0.1, 0.15) is 11.8 Å². The lowest BCUT2D eigenvalue weighted by Gasteiger charge is -2.10. The second-order valence-corrected chi connectivity index (χ2v) is 5.67. The van der Waals surface area contributed by atoms with Crippen LogP contribution in [-0.2, 0) is 11.2 Å². The van der Waals surface area contributed by atoms with Gasteiger partial charge in [0.25, 0.3) is 11.7 Å². The Bertz CT molecular complexity index is 944. The first-order valence-electron chi connectivity index (χ1n) is 8.13. The molecule has 1 heterocycles. The molecular formula is C20H19NO5. The van der Waals surface area contributed by atoms with Crippen LogP contribution in [0.15, 0.2) is 53.1 Å². The summed E-state index contributed by atoms with van der Waals surface area (Å²) in [5.41, 5.74) is 1.81. The van der Waals surface area contributed by atoms with E-state index in [1.807, 2.05) is 18.2 Å². The highest BCUT2D eigenvalue weighted by Crippen LogP contribution is 2.27. The standard InChI is InChI=1S/C20H19NO5/c1-24-17-8-7-13(11-18(17)25-2)9-10-21-20(23)19(22)15-12-26-16-6-4-3-5-14(15)16/h3-8,11-12H,9-10H2,1-2H3,(H,21,23). The molecule has 0 bridgehead atoms. The molecule has 1 aromatic heterocycles. The van der Waals surface area contributed by atoms with Gasteiger partial charge in [0, 0.05) is 11.9 Å². The highest BCUT2D eigenvalue weighted by Gasteiger charge is 2.20. The molecule has 1 N–H and O–H groups in total. The van der Waals surface area contributed by atoms with Crippen LogP contribution in [0.25, 0.3) is 11.0 Å². The molecule has 26 heavy (non-hydrogen) atoms. The van der Waals surface area contributed by atoms with Crippen molar-refractivity contribution in [2.24, 2.45) is 0 Å². The summed E-state index contributed by atoms with van der Waals surface area (Å²) in [5, 5.41) is 3.28. The van der Waals surface area contributed by atoms with Crippen molar-refractivity contribution in [2.75, 3.05) is 20.8 Å². The number of hydrogen-bond acceptors (Lipinski definition) is 5. The Hall–Kier alpha value is -3.28. The molecule has 0 atom stereocenters. The van der Waals surface area contributed by atoms with Crippen molar-refractivity contribution in [1.29, 1.82) is 0 Å². The van der Waals surface area contributed by atoms with Crippen molar-refractivity contribution in [3.63, 3.8) is 0 Å². The summed E-state index contributed by atoms with van der Waals surface area (Å²) in [7, 11) is 3.14. The largest absolute Gasteiger partial charge is 0.493 e. The number of furan rings is 1. The third kappa shape index (κ3) is 3.54. The summed E-state index contributed by atoms with van der Waals surface area (Å²) in [6, 6.07) is 12.6. The lowest BCUT2D eigenvalue weighted by Crippen LogP contribution is -2.32. The number of carbonyl (C=O) groups excluding carboxylic acids is 2. The van der Waals surface area contributed by atoms with Crippen LogP contribution < -0.4 is 14.8 Å². The van der Waals surface area contributed by atoms with Gasteiger partial charge in [-0.3, -0.25) is 9.59 Å². The summed E-state index contributed by atoms with van der Waals surface area (Å²) in [6.45, 7) is 0.329. The molecule has 0 fully saturated rings. The van der Waals surface area contributed by atoms with E-state index in [0.717, 1.165) is 5.56 Å². The average molecular weight is 353 g/mol. The van der Waals surface area contributed by atoms with Crippen molar-refractivity contribution >= 4 is 22.7 Å². The molecule has 0 aliphatic rings. The smallest absolute Gasteiger partial charge is 0.292 e. The molecule has 0 radical (unpaired) electrons. The fourth-order valence-corrected chi connectivity index (χ4v) is 2.71. The Labute approximate surface area is 150 Å². The zero-order valence-electron chi connectivity index (χ0n) is 14.6. The van der Waals surface area contributed by atoms with E-state index >= 15 is 0 Å². The summed E-state index contributed by atoms with van der Waals surface area (Å²) in [5.74, 6) is -0.00106. The number of benzene rings is 2. The van der Waals surface area contributed by atoms with Gasteiger partial charge < -0.3 is 19.2 Å². The van der Waals surface area contributed by atoms with Crippen LogP contribution >= 0.6 is 0 Å². The molecule has 0 unspecified atom stereocenters. The van der Waals surface area contributed by atoms with E-state index < -0.39 is 11.7 Å². The maximum absolute atomic E-state index is 12.3. The van der Waals surface area contributed by atoms with Gasteiger partial charge in [-0.1, -0.05) is 24.3 Å². The Balaban J connectivity index is 1.61. The lowest BCUT2D eigenvalue weighted by molar-refractivity contribution is -0.116. The Morgan fingerprint density at radius 2 is 1.81 bits per heavy atom. The van der Waals surface area contributed by atoms with E-state index in [9.17, 15) is 9.59 Å². The maximum atomic E-state index is 12.3. The van der Waals surface area contributed by atoms with Gasteiger partial charge in [-0.2, -0.15) is 0 Å². The quantitative estimate of drug-likeness (QED) is 0.522. The molecule has 134 valence electrons. The van der Waals surface area contributed by atoms with Crippen LogP contribution in [0.1, 0.15) is 15.9 Å². The lowest BCUT2D eigenvalue weighted by atomic mass is 10.1. The number of nitrogens with one attached hydrogen (secondary N) is 1. The normalized spacial score (nSPS) is 10.5. The summed E-state index contributed by atoms with van der Waals surface area (Å²) in [6.07, 6.45) is 1.88. The third-order valence-corrected chi connectivity index (χ3v) is 4.08. The number of carbonyl (C=O) groups is 2. The third-order valence-electron chi connectivity index (χ3n) is 4.08. The van der Waals surface area contributed by atoms with Crippen molar-refractivity contribution < 1.29 is 23.5 Å². The number of fused-ring (bicyclic) bond motifs is 1. The number of methoxy groups -OCH3 is 2. The van der Waals surface area contributed by atoms with Gasteiger partial charge >= 0.3 is 0 Å². The molecular weight excluding hydrogens is 334 g/mol. The average Bonchev–Trinajstić information content (AvgIpc) is 3.11. The minimum atomic E-state index is -0.656. The minimum Gasteiger partial charge on any atom is -0.493 e. The zero-order valence-corrected chi connectivity index (χ0v) is 14.6. The highest BCUT2D eigenvalue weighted by atomic mass is 16.5. The molecule has 0 aliphatic carbocycles. The van der Waals surface area contributed by atoms with Crippen LogP contribution in [0.5, 0.6) is 11.5 Å². The summed E-state index contributed by atoms with van der Waals surface area (Å²) in [4.78, 5) is 24.5. The first-order valence-corrected chi connectivity index (χ1v) is 8.13. The SMILES string of the molecule is COc1ccc(CCNC(=O)C(=O)c2coc3ccccc23)cc1OC. The molecule has 0 spiro atoms. The molecule has 1 amide bonds. The number of para-hydroxylation sites is 1. The molecule has 3 aromatic rings. The van der Waals surface area contributed by atoms with E-state index in [0.29, 0.717) is 35.4 Å². The fraction of sp³-hybridized carbons (Fsp3) is 0.200. The van der Waals surface area contributed by atoms with Crippen LogP contribution in [0.2, 0.25) is 0 Å². The van der Waals surface area contributed by atoms with Crippen molar-refractivity contribution in [1.82, 2.24) is 5.32 Å². The number of rotatable bonds is 7. The number of ketones is 1. The maximum Gasteiger partial charge on any atom is 0.292 e. The molecule has 2 aromatic carbocycles. The van der Waals surface area contributed by atoms with Crippen molar-refractivity contribution in [3.05, 3.63) is 59.9 Å². The second kappa shape index (κ2) is 7.74. The molecule has 3 rings (SSSR count). The summed E-state index contributed by atoms with van der Waals surface area (Å²) < 4.78 is 15.8. The number of ether oxygens (including phenoxy) is 2. The first-order chi connectivity index (χ1) is 12.6. The van der Waals surface area contributed by atoms with Gasteiger partial charge in [0.15, 0.2) is 11.5 Å². The fourth-order valence-electron chi connectivity index (χ4n) is 2.71. The summed E-state index contributed by atoms with van der Waals surface area (Å²) >= 11 is 0. The second-order valence-electron chi connectivity index (χ2n) is 5.67. The Morgan fingerprint density at radius 1 is 1.04 bits per heavy atom. The van der Waals surface area contributed by atoms with E-state index in [2.05, 4.69) is 5.32 Å². The van der Waals surface area contributed by atoms with Crippen molar-refractivity contribution in [2.45, 2.75) is 6.42 Å².